The minimum Gasteiger partial charge on any atom is -0.492 e. The second kappa shape index (κ2) is 7.46. The van der Waals surface area contributed by atoms with Crippen molar-refractivity contribution in [3.8, 4) is 5.75 Å². The van der Waals surface area contributed by atoms with E-state index in [1.165, 1.54) is 12.8 Å². The largest absolute Gasteiger partial charge is 0.492 e. The summed E-state index contributed by atoms with van der Waals surface area (Å²) in [5.74, 6) is 1.44. The quantitative estimate of drug-likeness (QED) is 0.906. The SMILES string of the molecule is CCOc1ccccc1NC(=O)[C@@H](C)N1CCC[C@H](C)C1. The number of hydrogen-bond donors (Lipinski definition) is 1. The highest BCUT2D eigenvalue weighted by molar-refractivity contribution is 5.95. The topological polar surface area (TPSA) is 41.6 Å². The molecule has 1 saturated heterocycles. The van der Waals surface area contributed by atoms with Crippen LogP contribution in [0.15, 0.2) is 24.3 Å². The Bertz CT molecular complexity index is 476. The van der Waals surface area contributed by atoms with Gasteiger partial charge >= 0.3 is 0 Å². The van der Waals surface area contributed by atoms with Crippen LogP contribution in [-0.2, 0) is 4.79 Å². The van der Waals surface area contributed by atoms with Crippen molar-refractivity contribution in [1.82, 2.24) is 4.90 Å². The van der Waals surface area contributed by atoms with E-state index in [1.54, 1.807) is 0 Å². The molecule has 0 radical (unpaired) electrons. The molecule has 1 aliphatic rings. The summed E-state index contributed by atoms with van der Waals surface area (Å²) in [5, 5.41) is 3.00. The maximum absolute atomic E-state index is 12.5. The minimum absolute atomic E-state index is 0.0382. The van der Waals surface area contributed by atoms with Crippen LogP contribution >= 0.6 is 0 Å². The van der Waals surface area contributed by atoms with Gasteiger partial charge in [0.15, 0.2) is 0 Å². The molecule has 1 amide bonds. The van der Waals surface area contributed by atoms with Crippen molar-refractivity contribution in [1.29, 1.82) is 0 Å². The third kappa shape index (κ3) is 4.21. The van der Waals surface area contributed by atoms with Gasteiger partial charge in [-0.3, -0.25) is 9.69 Å². The van der Waals surface area contributed by atoms with Crippen molar-refractivity contribution >= 4 is 11.6 Å². The predicted molar refractivity (Wildman–Crippen MR) is 85.7 cm³/mol. The van der Waals surface area contributed by atoms with Gasteiger partial charge in [-0.25, -0.2) is 0 Å². The number of amides is 1. The Morgan fingerprint density at radius 2 is 2.24 bits per heavy atom. The molecule has 0 spiro atoms. The summed E-state index contributed by atoms with van der Waals surface area (Å²) in [4.78, 5) is 14.7. The summed E-state index contributed by atoms with van der Waals surface area (Å²) < 4.78 is 5.55. The molecule has 1 fully saturated rings. The molecule has 0 aromatic heterocycles. The van der Waals surface area contributed by atoms with Crippen LogP contribution in [0.5, 0.6) is 5.75 Å². The Morgan fingerprint density at radius 1 is 1.48 bits per heavy atom. The summed E-state index contributed by atoms with van der Waals surface area (Å²) in [5.41, 5.74) is 0.751. The van der Waals surface area contributed by atoms with Gasteiger partial charge in [0, 0.05) is 6.54 Å². The number of rotatable bonds is 5. The van der Waals surface area contributed by atoms with E-state index in [0.717, 1.165) is 24.5 Å². The van der Waals surface area contributed by atoms with Gasteiger partial charge < -0.3 is 10.1 Å². The van der Waals surface area contributed by atoms with Gasteiger partial charge in [0.05, 0.1) is 18.3 Å². The number of nitrogens with zero attached hydrogens (tertiary/aromatic N) is 1. The monoisotopic (exact) mass is 290 g/mol. The summed E-state index contributed by atoms with van der Waals surface area (Å²) >= 11 is 0. The average Bonchev–Trinajstić information content (AvgIpc) is 2.48. The lowest BCUT2D eigenvalue weighted by Crippen LogP contribution is -2.46. The van der Waals surface area contributed by atoms with E-state index in [-0.39, 0.29) is 11.9 Å². The second-order valence-corrected chi connectivity index (χ2v) is 5.84. The van der Waals surface area contributed by atoms with Crippen LogP contribution in [-0.4, -0.2) is 36.5 Å². The Balaban J connectivity index is 2.00. The summed E-state index contributed by atoms with van der Waals surface area (Å²) in [6.45, 7) is 8.77. The molecule has 2 rings (SSSR count). The number of anilines is 1. The first-order valence-corrected chi connectivity index (χ1v) is 7.88. The fraction of sp³-hybridized carbons (Fsp3) is 0.588. The third-order valence-corrected chi connectivity index (χ3v) is 4.06. The summed E-state index contributed by atoms with van der Waals surface area (Å²) in [6, 6.07) is 7.48. The summed E-state index contributed by atoms with van der Waals surface area (Å²) in [7, 11) is 0. The van der Waals surface area contributed by atoms with Crippen molar-refractivity contribution in [2.24, 2.45) is 5.92 Å². The first kappa shape index (κ1) is 15.8. The second-order valence-electron chi connectivity index (χ2n) is 5.84. The molecule has 0 saturated carbocycles. The molecule has 4 heteroatoms. The fourth-order valence-corrected chi connectivity index (χ4v) is 2.83. The molecule has 1 N–H and O–H groups in total. The van der Waals surface area contributed by atoms with E-state index in [2.05, 4.69) is 17.1 Å². The first-order chi connectivity index (χ1) is 10.1. The Kier molecular flexibility index (Phi) is 5.62. The van der Waals surface area contributed by atoms with Crippen molar-refractivity contribution in [3.05, 3.63) is 24.3 Å². The maximum Gasteiger partial charge on any atom is 0.241 e. The number of carbonyl (C=O) groups is 1. The van der Waals surface area contributed by atoms with E-state index in [0.29, 0.717) is 12.5 Å². The maximum atomic E-state index is 12.5. The normalized spacial score (nSPS) is 20.8. The molecule has 2 atom stereocenters. The first-order valence-electron chi connectivity index (χ1n) is 7.88. The molecule has 0 unspecified atom stereocenters. The average molecular weight is 290 g/mol. The Morgan fingerprint density at radius 3 is 2.95 bits per heavy atom. The van der Waals surface area contributed by atoms with E-state index in [1.807, 2.05) is 38.1 Å². The van der Waals surface area contributed by atoms with Crippen LogP contribution in [0.3, 0.4) is 0 Å². The van der Waals surface area contributed by atoms with Crippen molar-refractivity contribution < 1.29 is 9.53 Å². The van der Waals surface area contributed by atoms with E-state index in [4.69, 9.17) is 4.74 Å². The van der Waals surface area contributed by atoms with Crippen LogP contribution in [0.4, 0.5) is 5.69 Å². The Labute approximate surface area is 127 Å². The molecular formula is C17H26N2O2. The number of carbonyl (C=O) groups excluding carboxylic acids is 1. The van der Waals surface area contributed by atoms with Crippen LogP contribution < -0.4 is 10.1 Å². The molecule has 116 valence electrons. The summed E-state index contributed by atoms with van der Waals surface area (Å²) in [6.07, 6.45) is 2.44. The molecule has 1 aliphatic heterocycles. The highest BCUT2D eigenvalue weighted by atomic mass is 16.5. The smallest absolute Gasteiger partial charge is 0.241 e. The zero-order chi connectivity index (χ0) is 15.2. The molecule has 1 aromatic rings. The van der Waals surface area contributed by atoms with Crippen LogP contribution in [0.2, 0.25) is 0 Å². The molecular weight excluding hydrogens is 264 g/mol. The lowest BCUT2D eigenvalue weighted by atomic mass is 9.99. The standard InChI is InChI=1S/C17H26N2O2/c1-4-21-16-10-6-5-9-15(16)18-17(20)14(3)19-11-7-8-13(2)12-19/h5-6,9-10,13-14H,4,7-8,11-12H2,1-3H3,(H,18,20)/t13-,14+/m0/s1. The van der Waals surface area contributed by atoms with Gasteiger partial charge in [0.25, 0.3) is 0 Å². The Hall–Kier alpha value is -1.55. The van der Waals surface area contributed by atoms with Crippen molar-refractivity contribution in [2.75, 3.05) is 25.0 Å². The zero-order valence-electron chi connectivity index (χ0n) is 13.3. The van der Waals surface area contributed by atoms with Crippen LogP contribution in [0.25, 0.3) is 0 Å². The molecule has 0 bridgehead atoms. The van der Waals surface area contributed by atoms with Gasteiger partial charge in [-0.15, -0.1) is 0 Å². The van der Waals surface area contributed by atoms with E-state index < -0.39 is 0 Å². The zero-order valence-corrected chi connectivity index (χ0v) is 13.3. The van der Waals surface area contributed by atoms with Crippen LogP contribution in [0.1, 0.15) is 33.6 Å². The van der Waals surface area contributed by atoms with Gasteiger partial charge in [0.2, 0.25) is 5.91 Å². The number of para-hydroxylation sites is 2. The van der Waals surface area contributed by atoms with E-state index in [9.17, 15) is 4.79 Å². The van der Waals surface area contributed by atoms with E-state index >= 15 is 0 Å². The third-order valence-electron chi connectivity index (χ3n) is 4.06. The predicted octanol–water partition coefficient (Wildman–Crippen LogP) is 3.14. The number of piperidine rings is 1. The fourth-order valence-electron chi connectivity index (χ4n) is 2.83. The van der Waals surface area contributed by atoms with Gasteiger partial charge in [-0.2, -0.15) is 0 Å². The molecule has 0 aliphatic carbocycles. The van der Waals surface area contributed by atoms with Crippen molar-refractivity contribution in [3.63, 3.8) is 0 Å². The van der Waals surface area contributed by atoms with Crippen LogP contribution in [0, 0.1) is 5.92 Å². The number of nitrogens with one attached hydrogen (secondary N) is 1. The highest BCUT2D eigenvalue weighted by Crippen LogP contribution is 2.24. The number of hydrogen-bond acceptors (Lipinski definition) is 3. The lowest BCUT2D eigenvalue weighted by molar-refractivity contribution is -0.121. The number of ether oxygens (including phenoxy) is 1. The minimum atomic E-state index is -0.109. The van der Waals surface area contributed by atoms with Gasteiger partial charge in [-0.05, 0) is 51.3 Å². The highest BCUT2D eigenvalue weighted by Gasteiger charge is 2.26. The number of likely N-dealkylation sites (tertiary alicyclic amines) is 1. The van der Waals surface area contributed by atoms with Gasteiger partial charge in [-0.1, -0.05) is 19.1 Å². The molecule has 1 heterocycles. The van der Waals surface area contributed by atoms with Crippen molar-refractivity contribution in [2.45, 2.75) is 39.7 Å². The lowest BCUT2D eigenvalue weighted by Gasteiger charge is -2.34. The number of benzene rings is 1. The van der Waals surface area contributed by atoms with Gasteiger partial charge in [0.1, 0.15) is 5.75 Å². The molecule has 21 heavy (non-hydrogen) atoms. The molecule has 1 aromatic carbocycles. The molecule has 4 nitrogen and oxygen atoms in total.